The van der Waals surface area contributed by atoms with E-state index in [1.807, 2.05) is 43.3 Å². The van der Waals surface area contributed by atoms with E-state index in [0.717, 1.165) is 22.5 Å². The molecule has 3 aromatic rings. The van der Waals surface area contributed by atoms with E-state index >= 15 is 0 Å². The molecule has 0 radical (unpaired) electrons. The number of nitrogens with zero attached hydrogens (tertiary/aromatic N) is 2. The second-order valence-corrected chi connectivity index (χ2v) is 5.50. The summed E-state index contributed by atoms with van der Waals surface area (Å²) in [5.74, 6) is -0.160. The molecule has 3 N–H and O–H groups in total. The van der Waals surface area contributed by atoms with Crippen LogP contribution in [0.25, 0.3) is 11.3 Å². The first-order valence-corrected chi connectivity index (χ1v) is 7.65. The molecule has 0 atom stereocenters. The zero-order chi connectivity index (χ0) is 16.9. The topological polar surface area (TPSA) is 80.9 Å². The van der Waals surface area contributed by atoms with Gasteiger partial charge in [0, 0.05) is 23.4 Å². The molecular formula is C19H18N4O. The number of nitrogens with one attached hydrogen (secondary N) is 1. The minimum atomic E-state index is -0.160. The summed E-state index contributed by atoms with van der Waals surface area (Å²) in [6.45, 7) is 2.36. The van der Waals surface area contributed by atoms with Crippen LogP contribution in [-0.2, 0) is 6.54 Å². The van der Waals surface area contributed by atoms with Crippen LogP contribution in [0.1, 0.15) is 21.6 Å². The van der Waals surface area contributed by atoms with Crippen LogP contribution in [0.4, 0.5) is 5.69 Å². The zero-order valence-corrected chi connectivity index (χ0v) is 13.4. The van der Waals surface area contributed by atoms with Gasteiger partial charge in [-0.3, -0.25) is 14.8 Å². The van der Waals surface area contributed by atoms with E-state index in [0.29, 0.717) is 17.8 Å². The van der Waals surface area contributed by atoms with Gasteiger partial charge in [0.1, 0.15) is 0 Å². The first-order valence-electron chi connectivity index (χ1n) is 7.65. The van der Waals surface area contributed by atoms with Gasteiger partial charge in [0.25, 0.3) is 5.91 Å². The maximum Gasteiger partial charge on any atom is 0.255 e. The summed E-state index contributed by atoms with van der Waals surface area (Å²) in [6, 6.07) is 15.0. The number of hydrogen-bond donors (Lipinski definition) is 2. The van der Waals surface area contributed by atoms with Gasteiger partial charge in [-0.2, -0.15) is 0 Å². The zero-order valence-electron chi connectivity index (χ0n) is 13.4. The van der Waals surface area contributed by atoms with Crippen LogP contribution in [0.3, 0.4) is 0 Å². The van der Waals surface area contributed by atoms with Crippen LogP contribution in [-0.4, -0.2) is 15.9 Å². The van der Waals surface area contributed by atoms with Crippen LogP contribution in [0.15, 0.2) is 60.9 Å². The lowest BCUT2D eigenvalue weighted by Crippen LogP contribution is -2.11. The summed E-state index contributed by atoms with van der Waals surface area (Å²) in [4.78, 5) is 21.0. The van der Waals surface area contributed by atoms with Crippen LogP contribution in [0.5, 0.6) is 0 Å². The van der Waals surface area contributed by atoms with Crippen LogP contribution in [0, 0.1) is 6.92 Å². The van der Waals surface area contributed by atoms with Crippen molar-refractivity contribution in [1.29, 1.82) is 0 Å². The summed E-state index contributed by atoms with van der Waals surface area (Å²) < 4.78 is 0. The standard InChI is InChI=1S/C19H18N4O/c1-13-5-7-16(8-6-13)23-19(24)15-4-2-3-14(9-15)18-12-21-17(10-20)11-22-18/h2-9,11-12H,10,20H2,1H3,(H,23,24). The molecule has 0 aliphatic heterocycles. The van der Waals surface area contributed by atoms with Crippen molar-refractivity contribution in [3.8, 4) is 11.3 Å². The van der Waals surface area contributed by atoms with Crippen LogP contribution in [0.2, 0.25) is 0 Å². The van der Waals surface area contributed by atoms with Crippen molar-refractivity contribution in [1.82, 2.24) is 9.97 Å². The fourth-order valence-corrected chi connectivity index (χ4v) is 2.27. The van der Waals surface area contributed by atoms with Crippen molar-refractivity contribution in [3.63, 3.8) is 0 Å². The average Bonchev–Trinajstić information content (AvgIpc) is 2.64. The smallest absolute Gasteiger partial charge is 0.255 e. The molecule has 24 heavy (non-hydrogen) atoms. The number of anilines is 1. The summed E-state index contributed by atoms with van der Waals surface area (Å²) in [7, 11) is 0. The monoisotopic (exact) mass is 318 g/mol. The van der Waals surface area contributed by atoms with Gasteiger partial charge >= 0.3 is 0 Å². The third kappa shape index (κ3) is 3.64. The SMILES string of the molecule is Cc1ccc(NC(=O)c2cccc(-c3cnc(CN)cn3)c2)cc1. The largest absolute Gasteiger partial charge is 0.325 e. The molecule has 5 heteroatoms. The van der Waals surface area contributed by atoms with Crippen LogP contribution >= 0.6 is 0 Å². The number of aromatic nitrogens is 2. The molecule has 1 amide bonds. The van der Waals surface area contributed by atoms with E-state index in [9.17, 15) is 4.79 Å². The third-order valence-electron chi connectivity index (χ3n) is 3.64. The Morgan fingerprint density at radius 1 is 1.08 bits per heavy atom. The Morgan fingerprint density at radius 2 is 1.88 bits per heavy atom. The number of nitrogens with two attached hydrogens (primary N) is 1. The Morgan fingerprint density at radius 3 is 2.54 bits per heavy atom. The maximum absolute atomic E-state index is 12.4. The predicted octanol–water partition coefficient (Wildman–Crippen LogP) is 3.16. The van der Waals surface area contributed by atoms with Gasteiger partial charge in [0.15, 0.2) is 0 Å². The number of benzene rings is 2. The first kappa shape index (κ1) is 15.8. The van der Waals surface area contributed by atoms with Gasteiger partial charge in [-0.25, -0.2) is 0 Å². The molecule has 0 aliphatic carbocycles. The molecule has 0 aliphatic rings. The lowest BCUT2D eigenvalue weighted by Gasteiger charge is -2.07. The van der Waals surface area contributed by atoms with Gasteiger partial charge in [0.05, 0.1) is 23.8 Å². The highest BCUT2D eigenvalue weighted by Gasteiger charge is 2.08. The quantitative estimate of drug-likeness (QED) is 0.774. The summed E-state index contributed by atoms with van der Waals surface area (Å²) in [5, 5.41) is 2.89. The molecule has 0 saturated carbocycles. The van der Waals surface area contributed by atoms with E-state index in [1.54, 1.807) is 24.5 Å². The molecule has 0 fully saturated rings. The highest BCUT2D eigenvalue weighted by Crippen LogP contribution is 2.18. The minimum absolute atomic E-state index is 0.160. The Hall–Kier alpha value is -3.05. The number of aryl methyl sites for hydroxylation is 1. The molecule has 1 heterocycles. The second kappa shape index (κ2) is 7.02. The number of amides is 1. The Bertz CT molecular complexity index is 842. The fraction of sp³-hybridized carbons (Fsp3) is 0.105. The van der Waals surface area contributed by atoms with Gasteiger partial charge in [-0.1, -0.05) is 29.8 Å². The van der Waals surface area contributed by atoms with Crippen molar-refractivity contribution >= 4 is 11.6 Å². The predicted molar refractivity (Wildman–Crippen MR) is 94.5 cm³/mol. The molecule has 120 valence electrons. The lowest BCUT2D eigenvalue weighted by molar-refractivity contribution is 0.102. The van der Waals surface area contributed by atoms with Crippen molar-refractivity contribution in [2.24, 2.45) is 5.73 Å². The second-order valence-electron chi connectivity index (χ2n) is 5.50. The van der Waals surface area contributed by atoms with E-state index in [2.05, 4.69) is 15.3 Å². The molecule has 0 bridgehead atoms. The maximum atomic E-state index is 12.4. The molecule has 3 rings (SSSR count). The van der Waals surface area contributed by atoms with Gasteiger partial charge in [-0.15, -0.1) is 0 Å². The minimum Gasteiger partial charge on any atom is -0.325 e. The van der Waals surface area contributed by atoms with E-state index in [-0.39, 0.29) is 5.91 Å². The van der Waals surface area contributed by atoms with Gasteiger partial charge in [-0.05, 0) is 31.2 Å². The van der Waals surface area contributed by atoms with Gasteiger partial charge in [0.2, 0.25) is 0 Å². The normalized spacial score (nSPS) is 10.4. The van der Waals surface area contributed by atoms with Crippen molar-refractivity contribution in [3.05, 3.63) is 77.7 Å². The Kier molecular flexibility index (Phi) is 4.63. The van der Waals surface area contributed by atoms with Crippen molar-refractivity contribution in [2.45, 2.75) is 13.5 Å². The lowest BCUT2D eigenvalue weighted by atomic mass is 10.1. The van der Waals surface area contributed by atoms with Crippen molar-refractivity contribution < 1.29 is 4.79 Å². The third-order valence-corrected chi connectivity index (χ3v) is 3.64. The molecule has 0 spiro atoms. The number of rotatable bonds is 4. The molecule has 1 aromatic heterocycles. The summed E-state index contributed by atoms with van der Waals surface area (Å²) in [6.07, 6.45) is 3.31. The first-order chi connectivity index (χ1) is 11.7. The highest BCUT2D eigenvalue weighted by molar-refractivity contribution is 6.04. The summed E-state index contributed by atoms with van der Waals surface area (Å²) >= 11 is 0. The van der Waals surface area contributed by atoms with E-state index < -0.39 is 0 Å². The van der Waals surface area contributed by atoms with E-state index in [4.69, 9.17) is 5.73 Å². The molecular weight excluding hydrogens is 300 g/mol. The Balaban J connectivity index is 1.81. The van der Waals surface area contributed by atoms with Crippen molar-refractivity contribution in [2.75, 3.05) is 5.32 Å². The molecule has 2 aromatic carbocycles. The molecule has 5 nitrogen and oxygen atoms in total. The Labute approximate surface area is 140 Å². The number of carbonyl (C=O) groups excluding carboxylic acids is 1. The molecule has 0 saturated heterocycles. The average molecular weight is 318 g/mol. The number of carbonyl (C=O) groups is 1. The summed E-state index contributed by atoms with van der Waals surface area (Å²) in [5.41, 5.74) is 10.3. The fourth-order valence-electron chi connectivity index (χ4n) is 2.27. The van der Waals surface area contributed by atoms with E-state index in [1.165, 1.54) is 0 Å². The molecule has 0 unspecified atom stereocenters. The van der Waals surface area contributed by atoms with Gasteiger partial charge < -0.3 is 11.1 Å². The highest BCUT2D eigenvalue weighted by atomic mass is 16.1. The number of hydrogen-bond acceptors (Lipinski definition) is 4. The van der Waals surface area contributed by atoms with Crippen LogP contribution < -0.4 is 11.1 Å².